The molecule has 0 spiro atoms. The summed E-state index contributed by atoms with van der Waals surface area (Å²) in [6.07, 6.45) is 0.451. The number of aliphatic hydroxyl groups excluding tert-OH is 1. The fourth-order valence-electron chi connectivity index (χ4n) is 2.10. The number of hydrogen-bond acceptors (Lipinski definition) is 5. The third-order valence-corrected chi connectivity index (χ3v) is 5.21. The molecule has 0 aromatic heterocycles. The van der Waals surface area contributed by atoms with Crippen LogP contribution in [-0.2, 0) is 14.8 Å². The van der Waals surface area contributed by atoms with Gasteiger partial charge in [-0.2, -0.15) is 0 Å². The van der Waals surface area contributed by atoms with Crippen LogP contribution in [0.2, 0.25) is 5.02 Å². The molecular weight excluding hydrogens is 392 g/mol. The highest BCUT2D eigenvalue weighted by Gasteiger charge is 2.17. The van der Waals surface area contributed by atoms with E-state index >= 15 is 0 Å². The first-order valence-corrected chi connectivity index (χ1v) is 10.1. The largest absolute Gasteiger partial charge is 0.482 e. The number of sulfonamides is 1. The average molecular weight is 413 g/mol. The Balaban J connectivity index is 2.02. The van der Waals surface area contributed by atoms with Gasteiger partial charge in [0.2, 0.25) is 0 Å². The molecular formula is C18H21ClN2O5S. The van der Waals surface area contributed by atoms with Crippen molar-refractivity contribution in [1.29, 1.82) is 0 Å². The number of aliphatic hydroxyl groups is 1. The van der Waals surface area contributed by atoms with E-state index in [1.54, 1.807) is 24.3 Å². The molecule has 2 aromatic carbocycles. The molecule has 2 rings (SSSR count). The number of halogens is 1. The van der Waals surface area contributed by atoms with Gasteiger partial charge in [-0.15, -0.1) is 0 Å². The zero-order chi connectivity index (χ0) is 19.9. The number of nitrogens with one attached hydrogen (secondary N) is 2. The van der Waals surface area contributed by atoms with Gasteiger partial charge in [0.15, 0.2) is 6.61 Å². The van der Waals surface area contributed by atoms with E-state index in [0.29, 0.717) is 18.7 Å². The molecule has 7 nitrogen and oxygen atoms in total. The average Bonchev–Trinajstić information content (AvgIpc) is 2.62. The van der Waals surface area contributed by atoms with E-state index in [4.69, 9.17) is 21.4 Å². The van der Waals surface area contributed by atoms with Gasteiger partial charge in [0.25, 0.3) is 15.9 Å². The lowest BCUT2D eigenvalue weighted by molar-refractivity contribution is -0.123. The molecule has 0 atom stereocenters. The summed E-state index contributed by atoms with van der Waals surface area (Å²) in [6, 6.07) is 10.9. The molecule has 0 heterocycles. The van der Waals surface area contributed by atoms with Crippen LogP contribution < -0.4 is 14.8 Å². The number of aryl methyl sites for hydroxylation is 1. The second kappa shape index (κ2) is 9.59. The first kappa shape index (κ1) is 21.0. The van der Waals surface area contributed by atoms with Crippen molar-refractivity contribution in [2.24, 2.45) is 0 Å². The van der Waals surface area contributed by atoms with Crippen molar-refractivity contribution in [3.8, 4) is 5.75 Å². The molecule has 0 aliphatic carbocycles. The minimum Gasteiger partial charge on any atom is -0.482 e. The zero-order valence-corrected chi connectivity index (χ0v) is 16.3. The van der Waals surface area contributed by atoms with E-state index in [1.807, 2.05) is 6.92 Å². The molecule has 3 N–H and O–H groups in total. The number of amides is 1. The van der Waals surface area contributed by atoms with Crippen LogP contribution in [0, 0.1) is 6.92 Å². The molecule has 0 aliphatic rings. The summed E-state index contributed by atoms with van der Waals surface area (Å²) >= 11 is 6.09. The molecule has 0 fully saturated rings. The molecule has 0 saturated carbocycles. The van der Waals surface area contributed by atoms with E-state index in [9.17, 15) is 13.2 Å². The second-order valence-electron chi connectivity index (χ2n) is 5.78. The Morgan fingerprint density at radius 1 is 1.19 bits per heavy atom. The summed E-state index contributed by atoms with van der Waals surface area (Å²) in [6.45, 7) is 1.97. The summed E-state index contributed by atoms with van der Waals surface area (Å²) in [4.78, 5) is 11.6. The van der Waals surface area contributed by atoms with Gasteiger partial charge < -0.3 is 15.2 Å². The Bertz CT molecular complexity index is 885. The van der Waals surface area contributed by atoms with E-state index in [0.717, 1.165) is 5.56 Å². The molecule has 0 bridgehead atoms. The van der Waals surface area contributed by atoms with Crippen LogP contribution in [0.4, 0.5) is 5.69 Å². The van der Waals surface area contributed by atoms with Crippen LogP contribution in [0.1, 0.15) is 12.0 Å². The number of carbonyl (C=O) groups excluding carboxylic acids is 1. The number of anilines is 1. The Kier molecular flexibility index (Phi) is 7.46. The summed E-state index contributed by atoms with van der Waals surface area (Å²) in [5, 5.41) is 11.3. The molecule has 0 aliphatic heterocycles. The van der Waals surface area contributed by atoms with Crippen molar-refractivity contribution < 1.29 is 23.1 Å². The highest BCUT2D eigenvalue weighted by atomic mass is 35.5. The molecule has 146 valence electrons. The Hall–Kier alpha value is -2.29. The SMILES string of the molecule is Cc1ccc(NS(=O)(=O)c2ccc(OCC(=O)NCCCO)c(Cl)c2)cc1. The normalized spacial score (nSPS) is 11.1. The van der Waals surface area contributed by atoms with E-state index < -0.39 is 10.0 Å². The van der Waals surface area contributed by atoms with Crippen LogP contribution in [-0.4, -0.2) is 39.2 Å². The van der Waals surface area contributed by atoms with Gasteiger partial charge in [0.05, 0.1) is 9.92 Å². The van der Waals surface area contributed by atoms with Crippen molar-refractivity contribution >= 4 is 33.2 Å². The molecule has 2 aromatic rings. The Labute approximate surface area is 163 Å². The van der Waals surface area contributed by atoms with Gasteiger partial charge in [-0.25, -0.2) is 8.42 Å². The maximum absolute atomic E-state index is 12.5. The monoisotopic (exact) mass is 412 g/mol. The lowest BCUT2D eigenvalue weighted by atomic mass is 10.2. The summed E-state index contributed by atoms with van der Waals surface area (Å²) in [5.74, 6) is -0.166. The molecule has 9 heteroatoms. The van der Waals surface area contributed by atoms with Gasteiger partial charge in [-0.1, -0.05) is 29.3 Å². The van der Waals surface area contributed by atoms with Crippen molar-refractivity contribution in [1.82, 2.24) is 5.32 Å². The van der Waals surface area contributed by atoms with E-state index in [2.05, 4.69) is 10.0 Å². The van der Waals surface area contributed by atoms with Crippen molar-refractivity contribution in [3.05, 3.63) is 53.1 Å². The molecule has 0 unspecified atom stereocenters. The topological polar surface area (TPSA) is 105 Å². The fraction of sp³-hybridized carbons (Fsp3) is 0.278. The molecule has 0 saturated heterocycles. The second-order valence-corrected chi connectivity index (χ2v) is 7.87. The van der Waals surface area contributed by atoms with Gasteiger partial charge in [0.1, 0.15) is 5.75 Å². The van der Waals surface area contributed by atoms with Gasteiger partial charge in [-0.3, -0.25) is 9.52 Å². The van der Waals surface area contributed by atoms with Crippen LogP contribution in [0.5, 0.6) is 5.75 Å². The Morgan fingerprint density at radius 3 is 2.52 bits per heavy atom. The lowest BCUT2D eigenvalue weighted by Crippen LogP contribution is -2.30. The third-order valence-electron chi connectivity index (χ3n) is 3.53. The minimum atomic E-state index is -3.80. The number of rotatable bonds is 9. The first-order chi connectivity index (χ1) is 12.8. The van der Waals surface area contributed by atoms with E-state index in [1.165, 1.54) is 18.2 Å². The predicted molar refractivity (Wildman–Crippen MR) is 104 cm³/mol. The van der Waals surface area contributed by atoms with Gasteiger partial charge in [0, 0.05) is 18.8 Å². The van der Waals surface area contributed by atoms with Crippen molar-refractivity contribution in [2.75, 3.05) is 24.5 Å². The maximum atomic E-state index is 12.5. The fourth-order valence-corrected chi connectivity index (χ4v) is 3.49. The molecule has 0 radical (unpaired) electrons. The highest BCUT2D eigenvalue weighted by molar-refractivity contribution is 7.92. The summed E-state index contributed by atoms with van der Waals surface area (Å²) in [5.41, 5.74) is 1.46. The number of benzene rings is 2. The summed E-state index contributed by atoms with van der Waals surface area (Å²) in [7, 11) is -3.80. The van der Waals surface area contributed by atoms with E-state index in [-0.39, 0.29) is 34.8 Å². The highest BCUT2D eigenvalue weighted by Crippen LogP contribution is 2.28. The van der Waals surface area contributed by atoms with Crippen LogP contribution in [0.15, 0.2) is 47.4 Å². The Morgan fingerprint density at radius 2 is 1.89 bits per heavy atom. The number of ether oxygens (including phenoxy) is 1. The maximum Gasteiger partial charge on any atom is 0.261 e. The number of hydrogen-bond donors (Lipinski definition) is 3. The quantitative estimate of drug-likeness (QED) is 0.548. The van der Waals surface area contributed by atoms with Crippen LogP contribution in [0.25, 0.3) is 0 Å². The first-order valence-electron chi connectivity index (χ1n) is 8.21. The predicted octanol–water partition coefficient (Wildman–Crippen LogP) is 2.33. The third kappa shape index (κ3) is 6.42. The number of carbonyl (C=O) groups is 1. The standard InChI is InChI=1S/C18H21ClN2O5S/c1-13-3-5-14(6-4-13)21-27(24,25)15-7-8-17(16(19)11-15)26-12-18(23)20-9-2-10-22/h3-8,11,21-22H,2,9-10,12H2,1H3,(H,20,23). The van der Waals surface area contributed by atoms with Crippen LogP contribution >= 0.6 is 11.6 Å². The smallest absolute Gasteiger partial charge is 0.261 e. The zero-order valence-electron chi connectivity index (χ0n) is 14.7. The van der Waals surface area contributed by atoms with Gasteiger partial charge >= 0.3 is 0 Å². The van der Waals surface area contributed by atoms with Gasteiger partial charge in [-0.05, 0) is 43.7 Å². The van der Waals surface area contributed by atoms with Crippen molar-refractivity contribution in [3.63, 3.8) is 0 Å². The molecule has 1 amide bonds. The molecule has 27 heavy (non-hydrogen) atoms. The lowest BCUT2D eigenvalue weighted by Gasteiger charge is -2.11. The minimum absolute atomic E-state index is 0.0144. The van der Waals surface area contributed by atoms with Crippen molar-refractivity contribution in [2.45, 2.75) is 18.2 Å². The van der Waals surface area contributed by atoms with Crippen LogP contribution in [0.3, 0.4) is 0 Å². The summed E-state index contributed by atoms with van der Waals surface area (Å²) < 4.78 is 32.7.